The number of aryl methyl sites for hydroxylation is 1. The summed E-state index contributed by atoms with van der Waals surface area (Å²) in [5.41, 5.74) is 3.00. The molecule has 0 atom stereocenters. The molecule has 0 radical (unpaired) electrons. The summed E-state index contributed by atoms with van der Waals surface area (Å²) in [6.07, 6.45) is 1.68. The third-order valence-electron chi connectivity index (χ3n) is 7.35. The number of anilines is 2. The van der Waals surface area contributed by atoms with Gasteiger partial charge in [0.15, 0.2) is 0 Å². The van der Waals surface area contributed by atoms with E-state index in [0.29, 0.717) is 54.8 Å². The van der Waals surface area contributed by atoms with Crippen LogP contribution in [0.3, 0.4) is 0 Å². The predicted molar refractivity (Wildman–Crippen MR) is 158 cm³/mol. The van der Waals surface area contributed by atoms with E-state index in [-0.39, 0.29) is 17.2 Å². The molecular formula is C29H31N3O7S2. The molecule has 0 aliphatic carbocycles. The molecule has 1 N–H and O–H groups in total. The summed E-state index contributed by atoms with van der Waals surface area (Å²) >= 11 is 0. The molecule has 1 saturated heterocycles. The number of carboxylic acids is 1. The van der Waals surface area contributed by atoms with E-state index in [0.717, 1.165) is 11.3 Å². The highest BCUT2D eigenvalue weighted by molar-refractivity contribution is 7.92. The van der Waals surface area contributed by atoms with E-state index in [1.54, 1.807) is 19.1 Å². The van der Waals surface area contributed by atoms with Gasteiger partial charge in [0.05, 0.1) is 16.8 Å². The Bertz CT molecular complexity index is 1780. The lowest BCUT2D eigenvalue weighted by Crippen LogP contribution is -2.48. The van der Waals surface area contributed by atoms with Crippen molar-refractivity contribution in [3.8, 4) is 0 Å². The number of nitrogens with zero attached hydrogens (tertiary/aromatic N) is 3. The third-order valence-corrected chi connectivity index (χ3v) is 10.5. The maximum absolute atomic E-state index is 14.1. The monoisotopic (exact) mass is 597 g/mol. The Morgan fingerprint density at radius 1 is 0.927 bits per heavy atom. The number of fused-ring (bicyclic) bond motifs is 1. The SMILES string of the molecule is Cc1c(C(=O)O)oc2ccc(S(=O)(=O)N(CCc3ccccc3)c3ccc(N4CCN(S(C)(=O)=O)CC4)cc3)cc12. The van der Waals surface area contributed by atoms with Crippen LogP contribution in [0.25, 0.3) is 11.0 Å². The molecule has 1 fully saturated rings. The molecule has 4 aromatic rings. The molecule has 1 aliphatic heterocycles. The van der Waals surface area contributed by atoms with E-state index < -0.39 is 26.0 Å². The van der Waals surface area contributed by atoms with Gasteiger partial charge in [0, 0.05) is 49.4 Å². The van der Waals surface area contributed by atoms with E-state index in [1.165, 1.54) is 33.1 Å². The standard InChI is InChI=1S/C29H31N3O7S2/c1-21-26-20-25(12-13-27(26)39-28(21)29(33)34)41(37,38)32(15-14-22-6-4-3-5-7-22)24-10-8-23(9-11-24)30-16-18-31(19-17-30)40(2,35)36/h3-13,20H,14-19H2,1-2H3,(H,33,34). The lowest BCUT2D eigenvalue weighted by molar-refractivity contribution is 0.0664. The van der Waals surface area contributed by atoms with Crippen molar-refractivity contribution in [2.24, 2.45) is 0 Å². The Morgan fingerprint density at radius 2 is 1.59 bits per heavy atom. The second kappa shape index (κ2) is 11.2. The van der Waals surface area contributed by atoms with Crippen molar-refractivity contribution in [1.29, 1.82) is 0 Å². The van der Waals surface area contributed by atoms with Crippen molar-refractivity contribution < 1.29 is 31.2 Å². The summed E-state index contributed by atoms with van der Waals surface area (Å²) in [6, 6.07) is 21.2. The summed E-state index contributed by atoms with van der Waals surface area (Å²) in [4.78, 5) is 13.6. The quantitative estimate of drug-likeness (QED) is 0.307. The van der Waals surface area contributed by atoms with Crippen LogP contribution < -0.4 is 9.21 Å². The van der Waals surface area contributed by atoms with E-state index >= 15 is 0 Å². The first-order valence-electron chi connectivity index (χ1n) is 13.1. The van der Waals surface area contributed by atoms with Crippen LogP contribution in [0.2, 0.25) is 0 Å². The molecule has 0 bridgehead atoms. The normalized spacial score (nSPS) is 14.8. The van der Waals surface area contributed by atoms with Gasteiger partial charge in [0.25, 0.3) is 10.0 Å². The van der Waals surface area contributed by atoms with Gasteiger partial charge < -0.3 is 14.4 Å². The molecule has 0 saturated carbocycles. The zero-order valence-corrected chi connectivity index (χ0v) is 24.4. The molecule has 1 aromatic heterocycles. The number of benzene rings is 3. The Kier molecular flexibility index (Phi) is 7.82. The minimum absolute atomic E-state index is 0.0277. The fourth-order valence-corrected chi connectivity index (χ4v) is 7.38. The number of carboxylic acid groups (broad SMARTS) is 1. The molecule has 216 valence electrons. The maximum Gasteiger partial charge on any atom is 0.372 e. The molecular weight excluding hydrogens is 566 g/mol. The average Bonchev–Trinajstić information content (AvgIpc) is 3.29. The van der Waals surface area contributed by atoms with Gasteiger partial charge in [0.1, 0.15) is 5.58 Å². The van der Waals surface area contributed by atoms with Crippen LogP contribution in [-0.4, -0.2) is 71.2 Å². The fraction of sp³-hybridized carbons (Fsp3) is 0.276. The molecule has 0 spiro atoms. The first kappa shape index (κ1) is 28.7. The summed E-state index contributed by atoms with van der Waals surface area (Å²) in [7, 11) is -7.29. The second-order valence-electron chi connectivity index (χ2n) is 10.00. The first-order valence-corrected chi connectivity index (χ1v) is 16.4. The summed E-state index contributed by atoms with van der Waals surface area (Å²) in [6.45, 7) is 3.61. The highest BCUT2D eigenvalue weighted by Crippen LogP contribution is 2.32. The molecule has 5 rings (SSSR count). The van der Waals surface area contributed by atoms with E-state index in [1.807, 2.05) is 42.5 Å². The van der Waals surface area contributed by atoms with Crippen LogP contribution in [-0.2, 0) is 26.5 Å². The largest absolute Gasteiger partial charge is 0.475 e. The van der Waals surface area contributed by atoms with Crippen LogP contribution in [0.5, 0.6) is 0 Å². The Balaban J connectivity index is 1.46. The van der Waals surface area contributed by atoms with Gasteiger partial charge in [0.2, 0.25) is 15.8 Å². The molecule has 3 aromatic carbocycles. The fourth-order valence-electron chi connectivity index (χ4n) is 5.06. The van der Waals surface area contributed by atoms with Crippen molar-refractivity contribution >= 4 is 48.4 Å². The maximum atomic E-state index is 14.1. The highest BCUT2D eigenvalue weighted by Gasteiger charge is 2.28. The Labute approximate surface area is 239 Å². The van der Waals surface area contributed by atoms with Gasteiger partial charge in [-0.1, -0.05) is 30.3 Å². The van der Waals surface area contributed by atoms with Crippen molar-refractivity contribution in [1.82, 2.24) is 4.31 Å². The molecule has 10 nitrogen and oxygen atoms in total. The number of hydrogen-bond acceptors (Lipinski definition) is 7. The van der Waals surface area contributed by atoms with Crippen LogP contribution >= 0.6 is 0 Å². The molecule has 0 amide bonds. The van der Waals surface area contributed by atoms with Crippen LogP contribution in [0, 0.1) is 6.92 Å². The number of rotatable bonds is 9. The first-order chi connectivity index (χ1) is 19.4. The zero-order chi connectivity index (χ0) is 29.4. The van der Waals surface area contributed by atoms with Crippen molar-refractivity contribution in [2.75, 3.05) is 48.2 Å². The number of piperazine rings is 1. The predicted octanol–water partition coefficient (Wildman–Crippen LogP) is 3.96. The molecule has 12 heteroatoms. The molecule has 1 aliphatic rings. The van der Waals surface area contributed by atoms with Crippen LogP contribution in [0.15, 0.2) is 82.1 Å². The number of aromatic carboxylic acids is 1. The van der Waals surface area contributed by atoms with Gasteiger partial charge in [-0.2, -0.15) is 4.31 Å². The van der Waals surface area contributed by atoms with Crippen molar-refractivity contribution in [3.63, 3.8) is 0 Å². The molecule has 0 unspecified atom stereocenters. The van der Waals surface area contributed by atoms with E-state index in [4.69, 9.17) is 4.42 Å². The molecule has 2 heterocycles. The number of hydrogen-bond donors (Lipinski definition) is 1. The van der Waals surface area contributed by atoms with Gasteiger partial charge in [-0.05, 0) is 61.4 Å². The second-order valence-corrected chi connectivity index (χ2v) is 13.8. The zero-order valence-electron chi connectivity index (χ0n) is 22.7. The third kappa shape index (κ3) is 5.95. The Hall–Kier alpha value is -3.87. The molecule has 41 heavy (non-hydrogen) atoms. The Morgan fingerprint density at radius 3 is 2.20 bits per heavy atom. The summed E-state index contributed by atoms with van der Waals surface area (Å²) < 4.78 is 60.1. The summed E-state index contributed by atoms with van der Waals surface area (Å²) in [5, 5.41) is 9.85. The van der Waals surface area contributed by atoms with Crippen molar-refractivity contribution in [3.05, 3.63) is 89.7 Å². The number of sulfonamides is 2. The topological polar surface area (TPSA) is 128 Å². The summed E-state index contributed by atoms with van der Waals surface area (Å²) in [5.74, 6) is -1.44. The lowest BCUT2D eigenvalue weighted by Gasteiger charge is -2.35. The minimum atomic E-state index is -4.05. The minimum Gasteiger partial charge on any atom is -0.475 e. The van der Waals surface area contributed by atoms with Crippen LogP contribution in [0.4, 0.5) is 11.4 Å². The van der Waals surface area contributed by atoms with E-state index in [2.05, 4.69) is 4.90 Å². The van der Waals surface area contributed by atoms with Gasteiger partial charge in [-0.15, -0.1) is 0 Å². The van der Waals surface area contributed by atoms with Crippen molar-refractivity contribution in [2.45, 2.75) is 18.2 Å². The van der Waals surface area contributed by atoms with Gasteiger partial charge in [-0.25, -0.2) is 21.6 Å². The number of furan rings is 1. The average molecular weight is 598 g/mol. The van der Waals surface area contributed by atoms with Gasteiger partial charge in [-0.3, -0.25) is 4.31 Å². The van der Waals surface area contributed by atoms with Gasteiger partial charge >= 0.3 is 5.97 Å². The highest BCUT2D eigenvalue weighted by atomic mass is 32.2. The van der Waals surface area contributed by atoms with E-state index in [9.17, 15) is 26.7 Å². The van der Waals surface area contributed by atoms with Crippen LogP contribution in [0.1, 0.15) is 21.7 Å². The smallest absolute Gasteiger partial charge is 0.372 e. The number of carbonyl (C=O) groups is 1. The lowest BCUT2D eigenvalue weighted by atomic mass is 10.1.